The molecule has 1 aromatic rings. The van der Waals surface area contributed by atoms with Crippen LogP contribution in [0.4, 0.5) is 5.69 Å². The predicted octanol–water partition coefficient (Wildman–Crippen LogP) is 2.71. The molecule has 96 valence electrons. The van der Waals surface area contributed by atoms with Crippen LogP contribution in [0, 0.1) is 19.8 Å². The minimum absolute atomic E-state index is 0.571. The van der Waals surface area contributed by atoms with E-state index in [-0.39, 0.29) is 0 Å². The molecule has 0 aliphatic carbocycles. The summed E-state index contributed by atoms with van der Waals surface area (Å²) in [4.78, 5) is 0. The molecule has 0 fully saturated rings. The first-order valence-corrected chi connectivity index (χ1v) is 6.18. The molecule has 3 nitrogen and oxygen atoms in total. The van der Waals surface area contributed by atoms with Gasteiger partial charge in [0.2, 0.25) is 0 Å². The van der Waals surface area contributed by atoms with E-state index in [9.17, 15) is 0 Å². The molecule has 0 bridgehead atoms. The first-order chi connectivity index (χ1) is 8.10. The van der Waals surface area contributed by atoms with Crippen LogP contribution in [0.3, 0.4) is 0 Å². The molecular weight excluding hydrogens is 212 g/mol. The average Bonchev–Trinajstić information content (AvgIpc) is 2.34. The summed E-state index contributed by atoms with van der Waals surface area (Å²) in [5, 5.41) is 3.46. The van der Waals surface area contributed by atoms with Crippen LogP contribution < -0.4 is 15.8 Å². The minimum atomic E-state index is 0.571. The first kappa shape index (κ1) is 13.8. The Morgan fingerprint density at radius 3 is 2.59 bits per heavy atom. The van der Waals surface area contributed by atoms with E-state index < -0.39 is 0 Å². The van der Waals surface area contributed by atoms with Crippen LogP contribution in [-0.2, 0) is 0 Å². The largest absolute Gasteiger partial charge is 0.496 e. The predicted molar refractivity (Wildman–Crippen MR) is 73.8 cm³/mol. The Morgan fingerprint density at radius 1 is 1.29 bits per heavy atom. The van der Waals surface area contributed by atoms with Crippen molar-refractivity contribution in [1.82, 2.24) is 0 Å². The van der Waals surface area contributed by atoms with Crippen LogP contribution in [-0.4, -0.2) is 20.2 Å². The SMILES string of the molecule is COc1ccc(NCCC(C)CN)c(C)c1C. The molecule has 3 heteroatoms. The van der Waals surface area contributed by atoms with Gasteiger partial charge in [-0.25, -0.2) is 0 Å². The number of methoxy groups -OCH3 is 1. The highest BCUT2D eigenvalue weighted by molar-refractivity contribution is 5.58. The van der Waals surface area contributed by atoms with E-state index >= 15 is 0 Å². The molecule has 0 radical (unpaired) electrons. The first-order valence-electron chi connectivity index (χ1n) is 6.18. The lowest BCUT2D eigenvalue weighted by Crippen LogP contribution is -2.15. The monoisotopic (exact) mass is 236 g/mol. The summed E-state index contributed by atoms with van der Waals surface area (Å²) < 4.78 is 5.30. The van der Waals surface area contributed by atoms with Gasteiger partial charge in [-0.05, 0) is 56.0 Å². The maximum Gasteiger partial charge on any atom is 0.122 e. The summed E-state index contributed by atoms with van der Waals surface area (Å²) in [6, 6.07) is 4.09. The van der Waals surface area contributed by atoms with Gasteiger partial charge in [0, 0.05) is 12.2 Å². The molecule has 0 amide bonds. The van der Waals surface area contributed by atoms with Crippen LogP contribution >= 0.6 is 0 Å². The molecule has 1 atom stereocenters. The van der Waals surface area contributed by atoms with E-state index in [1.807, 2.05) is 6.07 Å². The molecule has 1 rings (SSSR count). The number of hydrogen-bond donors (Lipinski definition) is 2. The standard InChI is InChI=1S/C14H24N2O/c1-10(9-15)7-8-16-13-5-6-14(17-4)12(3)11(13)2/h5-6,10,16H,7-9,15H2,1-4H3. The maximum atomic E-state index is 5.60. The van der Waals surface area contributed by atoms with Crippen LogP contribution in [0.15, 0.2) is 12.1 Å². The van der Waals surface area contributed by atoms with Gasteiger partial charge in [-0.15, -0.1) is 0 Å². The van der Waals surface area contributed by atoms with Crippen molar-refractivity contribution in [3.05, 3.63) is 23.3 Å². The van der Waals surface area contributed by atoms with Crippen molar-refractivity contribution in [1.29, 1.82) is 0 Å². The molecule has 0 saturated heterocycles. The van der Waals surface area contributed by atoms with E-state index in [2.05, 4.69) is 32.2 Å². The Balaban J connectivity index is 2.63. The van der Waals surface area contributed by atoms with Gasteiger partial charge in [-0.1, -0.05) is 6.92 Å². The van der Waals surface area contributed by atoms with E-state index in [0.717, 1.165) is 25.3 Å². The minimum Gasteiger partial charge on any atom is -0.496 e. The van der Waals surface area contributed by atoms with Crippen LogP contribution in [0.5, 0.6) is 5.75 Å². The van der Waals surface area contributed by atoms with E-state index in [1.54, 1.807) is 7.11 Å². The van der Waals surface area contributed by atoms with Crippen molar-refractivity contribution >= 4 is 5.69 Å². The fourth-order valence-corrected chi connectivity index (χ4v) is 1.78. The van der Waals surface area contributed by atoms with Gasteiger partial charge in [0.15, 0.2) is 0 Å². The maximum absolute atomic E-state index is 5.60. The van der Waals surface area contributed by atoms with Gasteiger partial charge in [-0.2, -0.15) is 0 Å². The topological polar surface area (TPSA) is 47.3 Å². The number of anilines is 1. The Labute approximate surface area is 104 Å². The number of ether oxygens (including phenoxy) is 1. The van der Waals surface area contributed by atoms with Crippen LogP contribution in [0.1, 0.15) is 24.5 Å². The highest BCUT2D eigenvalue weighted by atomic mass is 16.5. The molecule has 0 aromatic heterocycles. The van der Waals surface area contributed by atoms with Crippen LogP contribution in [0.2, 0.25) is 0 Å². The molecule has 0 heterocycles. The smallest absolute Gasteiger partial charge is 0.122 e. The summed E-state index contributed by atoms with van der Waals surface area (Å²) in [7, 11) is 1.71. The summed E-state index contributed by atoms with van der Waals surface area (Å²) in [5.41, 5.74) is 9.24. The third-order valence-corrected chi connectivity index (χ3v) is 3.31. The number of rotatable bonds is 6. The molecule has 1 unspecified atom stereocenters. The molecule has 1 aromatic carbocycles. The molecule has 0 aliphatic heterocycles. The van der Waals surface area contributed by atoms with Gasteiger partial charge in [0.25, 0.3) is 0 Å². The molecular formula is C14H24N2O. The molecule has 0 spiro atoms. The van der Waals surface area contributed by atoms with Crippen LogP contribution in [0.25, 0.3) is 0 Å². The Kier molecular flexibility index (Phi) is 5.29. The average molecular weight is 236 g/mol. The molecule has 0 saturated carbocycles. The van der Waals surface area contributed by atoms with Gasteiger partial charge in [-0.3, -0.25) is 0 Å². The lowest BCUT2D eigenvalue weighted by atomic mass is 10.1. The highest BCUT2D eigenvalue weighted by Gasteiger charge is 2.06. The number of nitrogens with one attached hydrogen (secondary N) is 1. The summed E-state index contributed by atoms with van der Waals surface area (Å²) >= 11 is 0. The van der Waals surface area contributed by atoms with Crippen molar-refractivity contribution in [2.75, 3.05) is 25.5 Å². The third-order valence-electron chi connectivity index (χ3n) is 3.31. The number of nitrogens with two attached hydrogens (primary N) is 1. The van der Waals surface area contributed by atoms with E-state index in [4.69, 9.17) is 10.5 Å². The fraction of sp³-hybridized carbons (Fsp3) is 0.571. The summed E-state index contributed by atoms with van der Waals surface area (Å²) in [6.07, 6.45) is 1.10. The molecule has 17 heavy (non-hydrogen) atoms. The van der Waals surface area contributed by atoms with Crippen molar-refractivity contribution in [3.63, 3.8) is 0 Å². The van der Waals surface area contributed by atoms with Crippen molar-refractivity contribution in [2.24, 2.45) is 11.7 Å². The van der Waals surface area contributed by atoms with Crippen molar-refractivity contribution in [2.45, 2.75) is 27.2 Å². The quantitative estimate of drug-likeness (QED) is 0.798. The molecule has 3 N–H and O–H groups in total. The second-order valence-corrected chi connectivity index (χ2v) is 4.62. The van der Waals surface area contributed by atoms with Gasteiger partial charge in [0.05, 0.1) is 7.11 Å². The Hall–Kier alpha value is -1.22. The zero-order valence-corrected chi connectivity index (χ0v) is 11.3. The lowest BCUT2D eigenvalue weighted by Gasteiger charge is -2.15. The second-order valence-electron chi connectivity index (χ2n) is 4.62. The highest BCUT2D eigenvalue weighted by Crippen LogP contribution is 2.27. The Bertz CT molecular complexity index is 363. The van der Waals surface area contributed by atoms with Crippen molar-refractivity contribution in [3.8, 4) is 5.75 Å². The van der Waals surface area contributed by atoms with Gasteiger partial charge >= 0.3 is 0 Å². The normalized spacial score (nSPS) is 12.3. The number of benzene rings is 1. The zero-order chi connectivity index (χ0) is 12.8. The summed E-state index contributed by atoms with van der Waals surface area (Å²) in [6.45, 7) is 8.09. The van der Waals surface area contributed by atoms with E-state index in [0.29, 0.717) is 5.92 Å². The Morgan fingerprint density at radius 2 is 2.00 bits per heavy atom. The van der Waals surface area contributed by atoms with Gasteiger partial charge < -0.3 is 15.8 Å². The summed E-state index contributed by atoms with van der Waals surface area (Å²) in [5.74, 6) is 1.52. The van der Waals surface area contributed by atoms with Crippen molar-refractivity contribution < 1.29 is 4.74 Å². The van der Waals surface area contributed by atoms with Gasteiger partial charge in [0.1, 0.15) is 5.75 Å². The lowest BCUT2D eigenvalue weighted by molar-refractivity contribution is 0.411. The number of hydrogen-bond acceptors (Lipinski definition) is 3. The second kappa shape index (κ2) is 6.50. The zero-order valence-electron chi connectivity index (χ0n) is 11.3. The van der Waals surface area contributed by atoms with E-state index in [1.165, 1.54) is 16.8 Å². The third kappa shape index (κ3) is 3.63. The fourth-order valence-electron chi connectivity index (χ4n) is 1.78. The molecule has 0 aliphatic rings.